The molecule has 1 fully saturated rings. The fourth-order valence-electron chi connectivity index (χ4n) is 0.968. The Morgan fingerprint density at radius 3 is 3.00 bits per heavy atom. The second kappa shape index (κ2) is 3.69. The molecule has 1 aliphatic rings. The Morgan fingerprint density at radius 1 is 1.82 bits per heavy atom. The molecular formula is C7H14N2O2. The van der Waals surface area contributed by atoms with Gasteiger partial charge in [0.1, 0.15) is 0 Å². The van der Waals surface area contributed by atoms with Gasteiger partial charge in [-0.15, -0.1) is 0 Å². The number of hydrogen-bond donors (Lipinski definition) is 1. The summed E-state index contributed by atoms with van der Waals surface area (Å²) in [6, 6.07) is 0. The maximum Gasteiger partial charge on any atom is 0.250 e. The third-order valence-electron chi connectivity index (χ3n) is 1.77. The van der Waals surface area contributed by atoms with Crippen molar-refractivity contribution in [2.75, 3.05) is 19.7 Å². The first-order valence-corrected chi connectivity index (χ1v) is 3.90. The standard InChI is InChI=1S/C7H14N2O2/c1-6(5-8)7(10)9-3-2-4-11-9/h6H,2-5,8H2,1H3. The number of amides is 1. The first kappa shape index (κ1) is 8.49. The maximum absolute atomic E-state index is 11.3. The van der Waals surface area contributed by atoms with Gasteiger partial charge in [-0.25, -0.2) is 5.06 Å². The van der Waals surface area contributed by atoms with Gasteiger partial charge in [-0.3, -0.25) is 9.63 Å². The summed E-state index contributed by atoms with van der Waals surface area (Å²) < 4.78 is 0. The molecule has 11 heavy (non-hydrogen) atoms. The zero-order chi connectivity index (χ0) is 8.27. The van der Waals surface area contributed by atoms with Crippen molar-refractivity contribution in [3.8, 4) is 0 Å². The van der Waals surface area contributed by atoms with Crippen LogP contribution >= 0.6 is 0 Å². The summed E-state index contributed by atoms with van der Waals surface area (Å²) in [5.41, 5.74) is 5.34. The number of nitrogens with two attached hydrogens (primary N) is 1. The molecule has 1 saturated heterocycles. The van der Waals surface area contributed by atoms with Crippen LogP contribution in [-0.2, 0) is 9.63 Å². The van der Waals surface area contributed by atoms with Crippen LogP contribution < -0.4 is 5.73 Å². The first-order chi connectivity index (χ1) is 5.25. The van der Waals surface area contributed by atoms with E-state index >= 15 is 0 Å². The normalized spacial score (nSPS) is 20.4. The quantitative estimate of drug-likeness (QED) is 0.602. The van der Waals surface area contributed by atoms with Gasteiger partial charge in [-0.05, 0) is 6.42 Å². The Morgan fingerprint density at radius 2 is 2.55 bits per heavy atom. The van der Waals surface area contributed by atoms with E-state index in [-0.39, 0.29) is 11.8 Å². The van der Waals surface area contributed by atoms with Gasteiger partial charge in [0.25, 0.3) is 0 Å². The fraction of sp³-hybridized carbons (Fsp3) is 0.857. The molecule has 4 heteroatoms. The van der Waals surface area contributed by atoms with E-state index in [0.717, 1.165) is 6.42 Å². The van der Waals surface area contributed by atoms with Gasteiger partial charge in [0.05, 0.1) is 13.2 Å². The molecule has 0 aromatic carbocycles. The van der Waals surface area contributed by atoms with Gasteiger partial charge >= 0.3 is 0 Å². The van der Waals surface area contributed by atoms with E-state index in [1.807, 2.05) is 6.92 Å². The fourth-order valence-corrected chi connectivity index (χ4v) is 0.968. The summed E-state index contributed by atoms with van der Waals surface area (Å²) in [5, 5.41) is 1.41. The molecule has 1 unspecified atom stereocenters. The molecule has 0 aliphatic carbocycles. The van der Waals surface area contributed by atoms with Gasteiger partial charge in [0.15, 0.2) is 0 Å². The Bertz CT molecular complexity index is 143. The van der Waals surface area contributed by atoms with Gasteiger partial charge in [-0.1, -0.05) is 6.92 Å². The highest BCUT2D eigenvalue weighted by atomic mass is 16.7. The van der Waals surface area contributed by atoms with Crippen LogP contribution in [0, 0.1) is 5.92 Å². The predicted molar refractivity (Wildman–Crippen MR) is 40.5 cm³/mol. The molecular weight excluding hydrogens is 144 g/mol. The maximum atomic E-state index is 11.3. The smallest absolute Gasteiger partial charge is 0.250 e. The number of carbonyl (C=O) groups is 1. The zero-order valence-electron chi connectivity index (χ0n) is 6.75. The van der Waals surface area contributed by atoms with E-state index in [9.17, 15) is 4.79 Å². The van der Waals surface area contributed by atoms with Crippen molar-refractivity contribution < 1.29 is 9.63 Å². The number of nitrogens with zero attached hydrogens (tertiary/aromatic N) is 1. The third kappa shape index (κ3) is 1.91. The van der Waals surface area contributed by atoms with Crippen LogP contribution in [0.4, 0.5) is 0 Å². The van der Waals surface area contributed by atoms with E-state index in [1.165, 1.54) is 5.06 Å². The number of carbonyl (C=O) groups excluding carboxylic acids is 1. The second-order valence-electron chi connectivity index (χ2n) is 2.76. The van der Waals surface area contributed by atoms with Crippen molar-refractivity contribution in [2.24, 2.45) is 11.7 Å². The minimum Gasteiger partial charge on any atom is -0.330 e. The van der Waals surface area contributed by atoms with Gasteiger partial charge in [0, 0.05) is 12.5 Å². The molecule has 0 aromatic heterocycles. The van der Waals surface area contributed by atoms with Crippen LogP contribution in [0.15, 0.2) is 0 Å². The molecule has 1 aliphatic heterocycles. The van der Waals surface area contributed by atoms with Crippen LogP contribution in [0.1, 0.15) is 13.3 Å². The third-order valence-corrected chi connectivity index (χ3v) is 1.77. The lowest BCUT2D eigenvalue weighted by Crippen LogP contribution is -2.34. The van der Waals surface area contributed by atoms with Crippen molar-refractivity contribution in [3.63, 3.8) is 0 Å². The van der Waals surface area contributed by atoms with E-state index in [1.54, 1.807) is 0 Å². The van der Waals surface area contributed by atoms with E-state index < -0.39 is 0 Å². The topological polar surface area (TPSA) is 55.6 Å². The van der Waals surface area contributed by atoms with Gasteiger partial charge in [-0.2, -0.15) is 0 Å². The average molecular weight is 158 g/mol. The van der Waals surface area contributed by atoms with Crippen LogP contribution in [0.3, 0.4) is 0 Å². The molecule has 0 aromatic rings. The van der Waals surface area contributed by atoms with Crippen LogP contribution in [0.25, 0.3) is 0 Å². The Balaban J connectivity index is 2.39. The van der Waals surface area contributed by atoms with Gasteiger partial charge in [0.2, 0.25) is 5.91 Å². The molecule has 2 N–H and O–H groups in total. The minimum atomic E-state index is -0.118. The van der Waals surface area contributed by atoms with Gasteiger partial charge < -0.3 is 5.73 Å². The highest BCUT2D eigenvalue weighted by Gasteiger charge is 2.23. The van der Waals surface area contributed by atoms with E-state index in [0.29, 0.717) is 19.7 Å². The average Bonchev–Trinajstić information content (AvgIpc) is 2.53. The molecule has 1 amide bonds. The summed E-state index contributed by atoms with van der Waals surface area (Å²) in [6.07, 6.45) is 0.934. The van der Waals surface area contributed by atoms with Crippen molar-refractivity contribution >= 4 is 5.91 Å². The molecule has 0 spiro atoms. The molecule has 64 valence electrons. The van der Waals surface area contributed by atoms with E-state index in [4.69, 9.17) is 10.6 Å². The largest absolute Gasteiger partial charge is 0.330 e. The molecule has 1 atom stereocenters. The Hall–Kier alpha value is -0.610. The van der Waals surface area contributed by atoms with Crippen molar-refractivity contribution in [2.45, 2.75) is 13.3 Å². The van der Waals surface area contributed by atoms with Crippen LogP contribution in [0.5, 0.6) is 0 Å². The second-order valence-corrected chi connectivity index (χ2v) is 2.76. The van der Waals surface area contributed by atoms with Crippen molar-refractivity contribution in [1.29, 1.82) is 0 Å². The number of hydroxylamine groups is 2. The summed E-state index contributed by atoms with van der Waals surface area (Å²) in [5.74, 6) is -0.113. The minimum absolute atomic E-state index is 0.00463. The van der Waals surface area contributed by atoms with E-state index in [2.05, 4.69) is 0 Å². The highest BCUT2D eigenvalue weighted by molar-refractivity contribution is 5.77. The first-order valence-electron chi connectivity index (χ1n) is 3.90. The molecule has 4 nitrogen and oxygen atoms in total. The summed E-state index contributed by atoms with van der Waals surface area (Å²) in [4.78, 5) is 16.4. The molecule has 1 heterocycles. The Labute approximate surface area is 66.3 Å². The number of hydrogen-bond acceptors (Lipinski definition) is 3. The monoisotopic (exact) mass is 158 g/mol. The summed E-state index contributed by atoms with van der Waals surface area (Å²) in [7, 11) is 0. The molecule has 0 radical (unpaired) electrons. The summed E-state index contributed by atoms with van der Waals surface area (Å²) >= 11 is 0. The molecule has 0 saturated carbocycles. The van der Waals surface area contributed by atoms with Crippen LogP contribution in [-0.4, -0.2) is 30.7 Å². The predicted octanol–water partition coefficient (Wildman–Crippen LogP) is -0.255. The lowest BCUT2D eigenvalue weighted by atomic mass is 10.2. The van der Waals surface area contributed by atoms with Crippen molar-refractivity contribution in [1.82, 2.24) is 5.06 Å². The molecule has 1 rings (SSSR count). The lowest BCUT2D eigenvalue weighted by molar-refractivity contribution is -0.172. The highest BCUT2D eigenvalue weighted by Crippen LogP contribution is 2.08. The summed E-state index contributed by atoms with van der Waals surface area (Å²) in [6.45, 7) is 3.56. The van der Waals surface area contributed by atoms with Crippen molar-refractivity contribution in [3.05, 3.63) is 0 Å². The lowest BCUT2D eigenvalue weighted by Gasteiger charge is -2.17. The SMILES string of the molecule is CC(CN)C(=O)N1CCCO1. The Kier molecular flexibility index (Phi) is 2.84. The molecule has 0 bridgehead atoms. The number of rotatable bonds is 2. The van der Waals surface area contributed by atoms with Crippen LogP contribution in [0.2, 0.25) is 0 Å². The zero-order valence-corrected chi connectivity index (χ0v) is 6.75.